The van der Waals surface area contributed by atoms with Gasteiger partial charge >= 0.3 is 12.0 Å². The molecule has 0 saturated carbocycles. The van der Waals surface area contributed by atoms with E-state index >= 15 is 0 Å². The predicted octanol–water partition coefficient (Wildman–Crippen LogP) is 1.85. The maximum Gasteiger partial charge on any atom is 0.328 e. The highest BCUT2D eigenvalue weighted by Gasteiger charge is 2.55. The van der Waals surface area contributed by atoms with Crippen LogP contribution < -0.4 is 4.90 Å². The summed E-state index contributed by atoms with van der Waals surface area (Å²) in [7, 11) is 1.53. The molecule has 3 amide bonds. The number of fused-ring (bicyclic) bond motifs is 3. The third-order valence-electron chi connectivity index (χ3n) is 5.59. The van der Waals surface area contributed by atoms with Crippen LogP contribution in [0.2, 0.25) is 0 Å². The Kier molecular flexibility index (Phi) is 4.25. The first kappa shape index (κ1) is 18.9. The second-order valence-corrected chi connectivity index (χ2v) is 7.46. The smallest absolute Gasteiger partial charge is 0.328 e. The fraction of sp³-hybridized carbons (Fsp3) is 0.182. The molecule has 2 unspecified atom stereocenters. The van der Waals surface area contributed by atoms with Gasteiger partial charge in [0.25, 0.3) is 5.91 Å². The summed E-state index contributed by atoms with van der Waals surface area (Å²) in [6, 6.07) is 17.9. The molecule has 0 bridgehead atoms. The van der Waals surface area contributed by atoms with Gasteiger partial charge in [0, 0.05) is 24.5 Å². The molecule has 2 aromatic rings. The second kappa shape index (κ2) is 6.98. The zero-order chi connectivity index (χ0) is 21.7. The Morgan fingerprint density at radius 1 is 1.03 bits per heavy atom. The number of urea groups is 1. The first-order valence-electron chi connectivity index (χ1n) is 9.76. The number of aliphatic carboxylic acids is 1. The van der Waals surface area contributed by atoms with Crippen LogP contribution in [0, 0.1) is 0 Å². The van der Waals surface area contributed by atoms with E-state index in [4.69, 9.17) is 10.1 Å². The number of para-hydroxylation sites is 1. The summed E-state index contributed by atoms with van der Waals surface area (Å²) in [6.07, 6.45) is 1.10. The van der Waals surface area contributed by atoms with Crippen LogP contribution in [0.1, 0.15) is 5.56 Å². The van der Waals surface area contributed by atoms with Crippen LogP contribution >= 0.6 is 0 Å². The number of anilines is 1. The van der Waals surface area contributed by atoms with Crippen molar-refractivity contribution in [3.05, 3.63) is 72.4 Å². The molecular formula is C22H19N5O4. The second-order valence-electron chi connectivity index (χ2n) is 7.46. The third kappa shape index (κ3) is 2.85. The normalized spacial score (nSPS) is 22.4. The van der Waals surface area contributed by atoms with Crippen molar-refractivity contribution in [1.82, 2.24) is 14.7 Å². The lowest BCUT2D eigenvalue weighted by atomic mass is 10.1. The number of guanidine groups is 1. The largest absolute Gasteiger partial charge is 0.480 e. The molecule has 9 heteroatoms. The van der Waals surface area contributed by atoms with Crippen molar-refractivity contribution < 1.29 is 19.5 Å². The van der Waals surface area contributed by atoms with Gasteiger partial charge in [0.2, 0.25) is 5.96 Å². The van der Waals surface area contributed by atoms with E-state index in [1.54, 1.807) is 4.90 Å². The van der Waals surface area contributed by atoms with Gasteiger partial charge in [-0.2, -0.15) is 0 Å². The Morgan fingerprint density at radius 2 is 1.68 bits per heavy atom. The number of rotatable bonds is 4. The molecule has 9 nitrogen and oxygen atoms in total. The molecule has 1 saturated heterocycles. The van der Waals surface area contributed by atoms with Gasteiger partial charge in [0.1, 0.15) is 6.54 Å². The Morgan fingerprint density at radius 3 is 2.32 bits per heavy atom. The van der Waals surface area contributed by atoms with E-state index in [9.17, 15) is 14.4 Å². The number of hydrogen-bond acceptors (Lipinski definition) is 6. The summed E-state index contributed by atoms with van der Waals surface area (Å²) >= 11 is 0. The molecule has 0 radical (unpaired) electrons. The lowest BCUT2D eigenvalue weighted by molar-refractivity contribution is -0.146. The number of imide groups is 1. The van der Waals surface area contributed by atoms with Crippen molar-refractivity contribution in [2.24, 2.45) is 4.99 Å². The number of aliphatic imine (C=N–C) groups is 1. The van der Waals surface area contributed by atoms with Crippen molar-refractivity contribution >= 4 is 35.3 Å². The van der Waals surface area contributed by atoms with Crippen molar-refractivity contribution in [1.29, 1.82) is 0 Å². The minimum Gasteiger partial charge on any atom is -0.480 e. The minimum absolute atomic E-state index is 0.519. The molecule has 31 heavy (non-hydrogen) atoms. The van der Waals surface area contributed by atoms with Gasteiger partial charge in [-0.15, -0.1) is 0 Å². The van der Waals surface area contributed by atoms with E-state index in [1.165, 1.54) is 11.9 Å². The molecule has 3 aliphatic heterocycles. The maximum atomic E-state index is 13.2. The van der Waals surface area contributed by atoms with Crippen molar-refractivity contribution in [3.63, 3.8) is 0 Å². The molecule has 0 aromatic heterocycles. The number of carbonyl (C=O) groups excluding carboxylic acids is 2. The fourth-order valence-corrected chi connectivity index (χ4v) is 4.16. The zero-order valence-corrected chi connectivity index (χ0v) is 16.6. The number of carboxylic acid groups (broad SMARTS) is 1. The monoisotopic (exact) mass is 417 g/mol. The molecular weight excluding hydrogens is 398 g/mol. The lowest BCUT2D eigenvalue weighted by Gasteiger charge is -2.39. The molecule has 3 heterocycles. The molecule has 3 aliphatic rings. The van der Waals surface area contributed by atoms with Gasteiger partial charge in [-0.25, -0.2) is 9.79 Å². The Labute approximate surface area is 178 Å². The van der Waals surface area contributed by atoms with Crippen molar-refractivity contribution in [2.75, 3.05) is 18.5 Å². The zero-order valence-electron chi connectivity index (χ0n) is 16.6. The van der Waals surface area contributed by atoms with Gasteiger partial charge in [0.15, 0.2) is 12.2 Å². The number of amides is 3. The molecule has 2 aromatic carbocycles. The van der Waals surface area contributed by atoms with Crippen LogP contribution in [-0.2, 0) is 9.59 Å². The highest BCUT2D eigenvalue weighted by molar-refractivity contribution is 6.16. The molecule has 1 N–H and O–H groups in total. The number of carbonyl (C=O) groups is 3. The number of nitrogens with zero attached hydrogens (tertiary/aromatic N) is 5. The molecule has 0 aliphatic carbocycles. The maximum absolute atomic E-state index is 13.2. The van der Waals surface area contributed by atoms with Gasteiger partial charge in [-0.1, -0.05) is 48.5 Å². The average molecular weight is 417 g/mol. The van der Waals surface area contributed by atoms with Crippen LogP contribution in [0.4, 0.5) is 10.5 Å². The number of benzene rings is 2. The first-order valence-corrected chi connectivity index (χ1v) is 9.76. The van der Waals surface area contributed by atoms with Gasteiger partial charge < -0.3 is 10.0 Å². The molecule has 5 rings (SSSR count). The molecule has 0 spiro atoms. The Hall–Kier alpha value is -4.14. The lowest BCUT2D eigenvalue weighted by Crippen LogP contribution is -2.64. The predicted molar refractivity (Wildman–Crippen MR) is 113 cm³/mol. The van der Waals surface area contributed by atoms with Crippen molar-refractivity contribution in [3.8, 4) is 0 Å². The average Bonchev–Trinajstić information content (AvgIpc) is 3.32. The Bertz CT molecular complexity index is 1130. The van der Waals surface area contributed by atoms with Gasteiger partial charge in [0.05, 0.1) is 5.70 Å². The van der Waals surface area contributed by atoms with Gasteiger partial charge in [-0.3, -0.25) is 24.3 Å². The summed E-state index contributed by atoms with van der Waals surface area (Å²) in [4.78, 5) is 47.5. The summed E-state index contributed by atoms with van der Waals surface area (Å²) in [5.74, 6) is -1.31. The first-order chi connectivity index (χ1) is 15.0. The van der Waals surface area contributed by atoms with E-state index in [0.717, 1.165) is 21.8 Å². The number of likely N-dealkylation sites (N-methyl/N-ethyl adjacent to an activating group) is 1. The summed E-state index contributed by atoms with van der Waals surface area (Å²) in [5.41, 5.74) is 2.64. The number of hydrogen-bond donors (Lipinski definition) is 1. The highest BCUT2D eigenvalue weighted by atomic mass is 16.4. The van der Waals surface area contributed by atoms with E-state index in [2.05, 4.69) is 0 Å². The van der Waals surface area contributed by atoms with Crippen LogP contribution in [0.15, 0.2) is 71.9 Å². The molecule has 2 atom stereocenters. The van der Waals surface area contributed by atoms with Gasteiger partial charge in [-0.05, 0) is 12.1 Å². The summed E-state index contributed by atoms with van der Waals surface area (Å²) < 4.78 is 0. The Balaban J connectivity index is 1.61. The highest BCUT2D eigenvalue weighted by Crippen LogP contribution is 2.39. The van der Waals surface area contributed by atoms with E-state index < -0.39 is 36.7 Å². The standard InChI is InChI=1S/C22H19N5O4/c1-24-19-18(20(30)26(22(24)31)13-17(28)29)25-12-16(14-8-4-2-5-9-14)27(21(25)23-19)15-10-6-3-7-11-15/h2-12,18-19H,13H2,1H3,(H,28,29). The van der Waals surface area contributed by atoms with Crippen LogP contribution in [-0.4, -0.2) is 69.5 Å². The van der Waals surface area contributed by atoms with Crippen LogP contribution in [0.25, 0.3) is 5.70 Å². The van der Waals surface area contributed by atoms with E-state index in [-0.39, 0.29) is 0 Å². The van der Waals surface area contributed by atoms with Crippen molar-refractivity contribution in [2.45, 2.75) is 12.2 Å². The summed E-state index contributed by atoms with van der Waals surface area (Å²) in [6.45, 7) is -0.688. The number of carboxylic acids is 1. The SMILES string of the molecule is CN1C(=O)N(CC(=O)O)C(=O)C2C1N=C1N(c3ccccc3)C(c3ccccc3)=CN12. The van der Waals surface area contributed by atoms with Crippen LogP contribution in [0.3, 0.4) is 0 Å². The van der Waals surface area contributed by atoms with Crippen LogP contribution in [0.5, 0.6) is 0 Å². The third-order valence-corrected chi connectivity index (χ3v) is 5.59. The minimum atomic E-state index is -1.25. The topological polar surface area (TPSA) is 96.8 Å². The molecule has 1 fully saturated rings. The molecule has 156 valence electrons. The summed E-state index contributed by atoms with van der Waals surface area (Å²) in [5, 5.41) is 9.17. The van der Waals surface area contributed by atoms with E-state index in [0.29, 0.717) is 5.96 Å². The van der Waals surface area contributed by atoms with E-state index in [1.807, 2.05) is 71.8 Å². The fourth-order valence-electron chi connectivity index (χ4n) is 4.16. The quantitative estimate of drug-likeness (QED) is 0.816.